The molecule has 1 aromatic carbocycles. The van der Waals surface area contributed by atoms with E-state index < -0.39 is 0 Å². The number of nitrogens with one attached hydrogen (secondary N) is 1. The van der Waals surface area contributed by atoms with Crippen LogP contribution < -0.4 is 11.1 Å². The predicted octanol–water partition coefficient (Wildman–Crippen LogP) is 0.768. The number of aryl methyl sites for hydroxylation is 1. The first kappa shape index (κ1) is 10.5. The molecular weight excluding hydrogens is 208 g/mol. The number of nitrogens with zero attached hydrogens (tertiary/aromatic N) is 1. The minimum Gasteiger partial charge on any atom is -0.408 e. The summed E-state index contributed by atoms with van der Waals surface area (Å²) in [7, 11) is 1.65. The summed E-state index contributed by atoms with van der Waals surface area (Å²) in [5, 5.41) is 2.68. The second kappa shape index (κ2) is 3.84. The molecule has 1 amide bonds. The molecule has 0 aliphatic rings. The van der Waals surface area contributed by atoms with Gasteiger partial charge in [0.2, 0.25) is 5.91 Å². The van der Waals surface area contributed by atoms with Crippen LogP contribution in [0.3, 0.4) is 0 Å². The maximum absolute atomic E-state index is 11.2. The largest absolute Gasteiger partial charge is 0.419 e. The lowest BCUT2D eigenvalue weighted by molar-refractivity contribution is -0.119. The van der Waals surface area contributed by atoms with Gasteiger partial charge < -0.3 is 9.73 Å². The molecule has 5 heteroatoms. The van der Waals surface area contributed by atoms with Crippen molar-refractivity contribution < 1.29 is 9.21 Å². The zero-order valence-corrected chi connectivity index (χ0v) is 9.11. The van der Waals surface area contributed by atoms with Crippen molar-refractivity contribution in [2.24, 2.45) is 7.05 Å². The van der Waals surface area contributed by atoms with Gasteiger partial charge in [0.25, 0.3) is 0 Å². The van der Waals surface area contributed by atoms with E-state index in [-0.39, 0.29) is 11.7 Å². The molecule has 0 saturated carbocycles. The molecule has 0 aliphatic heterocycles. The van der Waals surface area contributed by atoms with E-state index in [1.165, 1.54) is 11.5 Å². The van der Waals surface area contributed by atoms with Gasteiger partial charge in [0.15, 0.2) is 5.58 Å². The number of amides is 1. The van der Waals surface area contributed by atoms with Crippen LogP contribution >= 0.6 is 0 Å². The Morgan fingerprint density at radius 1 is 1.50 bits per heavy atom. The molecule has 1 heterocycles. The molecule has 0 bridgehead atoms. The second-order valence-corrected chi connectivity index (χ2v) is 3.64. The molecule has 2 aromatic rings. The maximum Gasteiger partial charge on any atom is 0.419 e. The third-order valence-corrected chi connectivity index (χ3v) is 2.40. The van der Waals surface area contributed by atoms with E-state index in [9.17, 15) is 9.59 Å². The highest BCUT2D eigenvalue weighted by Gasteiger charge is 2.06. The number of hydrogen-bond acceptors (Lipinski definition) is 3. The van der Waals surface area contributed by atoms with Crippen molar-refractivity contribution in [1.82, 2.24) is 9.88 Å². The molecule has 0 fully saturated rings. The van der Waals surface area contributed by atoms with Gasteiger partial charge in [0.05, 0.1) is 5.52 Å². The third kappa shape index (κ3) is 1.84. The van der Waals surface area contributed by atoms with Crippen LogP contribution in [0.1, 0.15) is 12.5 Å². The quantitative estimate of drug-likeness (QED) is 0.812. The van der Waals surface area contributed by atoms with E-state index in [2.05, 4.69) is 5.32 Å². The van der Waals surface area contributed by atoms with Crippen LogP contribution in [0.5, 0.6) is 0 Å². The van der Waals surface area contributed by atoms with Crippen LogP contribution in [-0.2, 0) is 18.4 Å². The topological polar surface area (TPSA) is 64.2 Å². The van der Waals surface area contributed by atoms with Crippen LogP contribution in [0.2, 0.25) is 0 Å². The van der Waals surface area contributed by atoms with Crippen molar-refractivity contribution >= 4 is 17.0 Å². The molecule has 0 aliphatic carbocycles. The molecule has 1 N–H and O–H groups in total. The smallest absolute Gasteiger partial charge is 0.408 e. The Kier molecular flexibility index (Phi) is 2.52. The average molecular weight is 220 g/mol. The summed E-state index contributed by atoms with van der Waals surface area (Å²) in [4.78, 5) is 22.0. The number of benzene rings is 1. The first-order valence-corrected chi connectivity index (χ1v) is 4.91. The van der Waals surface area contributed by atoms with Crippen LogP contribution in [0.4, 0.5) is 0 Å². The fraction of sp³-hybridized carbons (Fsp3) is 0.273. The SMILES string of the molecule is CC(=O)NCc1ccc2c(c1)oc(=O)n2C. The molecule has 2 rings (SSSR count). The maximum atomic E-state index is 11.2. The summed E-state index contributed by atoms with van der Waals surface area (Å²) in [6.07, 6.45) is 0. The van der Waals surface area contributed by atoms with Gasteiger partial charge in [-0.25, -0.2) is 4.79 Å². The number of fused-ring (bicyclic) bond motifs is 1. The zero-order chi connectivity index (χ0) is 11.7. The Hall–Kier alpha value is -2.04. The van der Waals surface area contributed by atoms with Crippen LogP contribution in [0, 0.1) is 0 Å². The highest BCUT2D eigenvalue weighted by atomic mass is 16.4. The van der Waals surface area contributed by atoms with Gasteiger partial charge in [-0.2, -0.15) is 0 Å². The fourth-order valence-electron chi connectivity index (χ4n) is 1.51. The van der Waals surface area contributed by atoms with Crippen molar-refractivity contribution in [2.45, 2.75) is 13.5 Å². The average Bonchev–Trinajstić information content (AvgIpc) is 2.52. The Bertz CT molecular complexity index is 595. The lowest BCUT2D eigenvalue weighted by atomic mass is 10.2. The first-order valence-electron chi connectivity index (χ1n) is 4.91. The van der Waals surface area contributed by atoms with Gasteiger partial charge in [-0.3, -0.25) is 9.36 Å². The lowest BCUT2D eigenvalue weighted by Crippen LogP contribution is -2.18. The standard InChI is InChI=1S/C11H12N2O3/c1-7(14)12-6-8-3-4-9-10(5-8)16-11(15)13(9)2/h3-5H,6H2,1-2H3,(H,12,14). The van der Waals surface area contributed by atoms with Crippen molar-refractivity contribution in [1.29, 1.82) is 0 Å². The van der Waals surface area contributed by atoms with Gasteiger partial charge in [0.1, 0.15) is 0 Å². The number of carbonyl (C=O) groups is 1. The molecule has 0 radical (unpaired) electrons. The Morgan fingerprint density at radius 3 is 2.94 bits per heavy atom. The lowest BCUT2D eigenvalue weighted by Gasteiger charge is -2.01. The predicted molar refractivity (Wildman–Crippen MR) is 59.0 cm³/mol. The van der Waals surface area contributed by atoms with Gasteiger partial charge in [-0.1, -0.05) is 6.07 Å². The minimum atomic E-state index is -0.383. The van der Waals surface area contributed by atoms with E-state index in [1.54, 1.807) is 19.2 Å². The Labute approximate surface area is 91.7 Å². The van der Waals surface area contributed by atoms with Crippen molar-refractivity contribution in [3.8, 4) is 0 Å². The highest BCUT2D eigenvalue weighted by molar-refractivity contribution is 5.75. The van der Waals surface area contributed by atoms with Crippen molar-refractivity contribution in [2.75, 3.05) is 0 Å². The van der Waals surface area contributed by atoms with E-state index in [4.69, 9.17) is 4.42 Å². The molecule has 0 spiro atoms. The molecule has 0 saturated heterocycles. The van der Waals surface area contributed by atoms with E-state index >= 15 is 0 Å². The number of oxazole rings is 1. The molecule has 0 atom stereocenters. The highest BCUT2D eigenvalue weighted by Crippen LogP contribution is 2.13. The molecule has 5 nitrogen and oxygen atoms in total. The third-order valence-electron chi connectivity index (χ3n) is 2.40. The zero-order valence-electron chi connectivity index (χ0n) is 9.11. The number of carbonyl (C=O) groups excluding carboxylic acids is 1. The van der Waals surface area contributed by atoms with E-state index in [1.807, 2.05) is 6.07 Å². The van der Waals surface area contributed by atoms with Gasteiger partial charge in [-0.15, -0.1) is 0 Å². The number of aromatic nitrogens is 1. The normalized spacial score (nSPS) is 10.6. The fourth-order valence-corrected chi connectivity index (χ4v) is 1.51. The molecule has 84 valence electrons. The number of hydrogen-bond donors (Lipinski definition) is 1. The van der Waals surface area contributed by atoms with Gasteiger partial charge >= 0.3 is 5.76 Å². The summed E-state index contributed by atoms with van der Waals surface area (Å²) < 4.78 is 6.48. The summed E-state index contributed by atoms with van der Waals surface area (Å²) in [5.74, 6) is -0.471. The van der Waals surface area contributed by atoms with Gasteiger partial charge in [-0.05, 0) is 17.7 Å². The first-order chi connectivity index (χ1) is 7.58. The molecule has 0 unspecified atom stereocenters. The number of rotatable bonds is 2. The van der Waals surface area contributed by atoms with Crippen molar-refractivity contribution in [3.63, 3.8) is 0 Å². The molecule has 16 heavy (non-hydrogen) atoms. The summed E-state index contributed by atoms with van der Waals surface area (Å²) >= 11 is 0. The second-order valence-electron chi connectivity index (χ2n) is 3.64. The van der Waals surface area contributed by atoms with E-state index in [0.717, 1.165) is 11.1 Å². The Morgan fingerprint density at radius 2 is 2.25 bits per heavy atom. The summed E-state index contributed by atoms with van der Waals surface area (Å²) in [6, 6.07) is 5.41. The van der Waals surface area contributed by atoms with E-state index in [0.29, 0.717) is 12.1 Å². The van der Waals surface area contributed by atoms with Gasteiger partial charge in [0, 0.05) is 20.5 Å². The monoisotopic (exact) mass is 220 g/mol. The molecule has 1 aromatic heterocycles. The van der Waals surface area contributed by atoms with Crippen LogP contribution in [-0.4, -0.2) is 10.5 Å². The van der Waals surface area contributed by atoms with Crippen LogP contribution in [0.15, 0.2) is 27.4 Å². The van der Waals surface area contributed by atoms with Crippen molar-refractivity contribution in [3.05, 3.63) is 34.3 Å². The summed E-state index contributed by atoms with van der Waals surface area (Å²) in [6.45, 7) is 1.89. The minimum absolute atomic E-state index is 0.0883. The summed E-state index contributed by atoms with van der Waals surface area (Å²) in [5.41, 5.74) is 2.18. The molecular formula is C11H12N2O3. The van der Waals surface area contributed by atoms with Crippen LogP contribution in [0.25, 0.3) is 11.1 Å². The Balaban J connectivity index is 2.37.